The highest BCUT2D eigenvalue weighted by molar-refractivity contribution is 9.10. The van der Waals surface area contributed by atoms with Crippen LogP contribution in [0.2, 0.25) is 0 Å². The molecule has 1 saturated carbocycles. The maximum Gasteiger partial charge on any atom is 0.164 e. The molecule has 3 nitrogen and oxygen atoms in total. The Morgan fingerprint density at radius 2 is 2.19 bits per heavy atom. The molecule has 0 unspecified atom stereocenters. The molecule has 0 amide bonds. The van der Waals surface area contributed by atoms with Gasteiger partial charge in [-0.15, -0.1) is 0 Å². The molecular formula is C16H18BrFN2O. The predicted molar refractivity (Wildman–Crippen MR) is 85.3 cm³/mol. The smallest absolute Gasteiger partial charge is 0.164 e. The zero-order valence-electron chi connectivity index (χ0n) is 11.7. The average Bonchev–Trinajstić information content (AvgIpc) is 3.26. The highest BCUT2D eigenvalue weighted by atomic mass is 79.9. The topological polar surface area (TPSA) is 53.0 Å². The molecule has 21 heavy (non-hydrogen) atoms. The summed E-state index contributed by atoms with van der Waals surface area (Å²) in [6.07, 6.45) is 6.45. The minimum atomic E-state index is -0.372. The lowest BCUT2D eigenvalue weighted by Gasteiger charge is -2.05. The third kappa shape index (κ3) is 5.08. The van der Waals surface area contributed by atoms with Gasteiger partial charge in [0.15, 0.2) is 5.78 Å². The van der Waals surface area contributed by atoms with E-state index in [-0.39, 0.29) is 11.6 Å². The molecule has 1 aliphatic carbocycles. The molecule has 0 aliphatic heterocycles. The fourth-order valence-corrected chi connectivity index (χ4v) is 2.54. The van der Waals surface area contributed by atoms with Gasteiger partial charge in [0, 0.05) is 35.4 Å². The Hall–Kier alpha value is -1.49. The van der Waals surface area contributed by atoms with Crippen LogP contribution in [0.15, 0.2) is 34.4 Å². The fraction of sp³-hybridized carbons (Fsp3) is 0.375. The van der Waals surface area contributed by atoms with Crippen LogP contribution in [0.5, 0.6) is 0 Å². The van der Waals surface area contributed by atoms with Crippen molar-refractivity contribution in [2.45, 2.75) is 25.7 Å². The van der Waals surface area contributed by atoms with Gasteiger partial charge in [-0.1, -0.05) is 0 Å². The standard InChI is InChI=1S/C16H18BrFN2O/c17-15-7-13(18)4-5-14(15)16(21)6-3-12(8-19)10-20-9-11-1-2-11/h4-5,7-8,10-11,19-20H,1-3,6,9H2/b12-10-,19-8?. The minimum Gasteiger partial charge on any atom is -0.390 e. The van der Waals surface area contributed by atoms with E-state index in [1.807, 2.05) is 6.20 Å². The van der Waals surface area contributed by atoms with Crippen LogP contribution in [0.25, 0.3) is 0 Å². The van der Waals surface area contributed by atoms with E-state index in [1.165, 1.54) is 37.3 Å². The maximum absolute atomic E-state index is 13.0. The van der Waals surface area contributed by atoms with Gasteiger partial charge in [-0.3, -0.25) is 4.79 Å². The second-order valence-electron chi connectivity index (χ2n) is 5.26. The molecule has 1 aliphatic rings. The summed E-state index contributed by atoms with van der Waals surface area (Å²) in [6, 6.07) is 4.06. The van der Waals surface area contributed by atoms with Gasteiger partial charge in [0.2, 0.25) is 0 Å². The van der Waals surface area contributed by atoms with Crippen LogP contribution in [-0.4, -0.2) is 18.5 Å². The van der Waals surface area contributed by atoms with Crippen molar-refractivity contribution in [3.05, 3.63) is 45.8 Å². The van der Waals surface area contributed by atoms with Crippen LogP contribution in [0.3, 0.4) is 0 Å². The zero-order valence-corrected chi connectivity index (χ0v) is 13.2. The molecule has 0 saturated heterocycles. The molecule has 1 aromatic carbocycles. The molecule has 1 aromatic rings. The molecule has 112 valence electrons. The van der Waals surface area contributed by atoms with Gasteiger partial charge in [0.05, 0.1) is 0 Å². The molecule has 0 bridgehead atoms. The van der Waals surface area contributed by atoms with Gasteiger partial charge in [-0.2, -0.15) is 0 Å². The van der Waals surface area contributed by atoms with Crippen LogP contribution in [0, 0.1) is 17.1 Å². The molecule has 0 heterocycles. The number of halogens is 2. The van der Waals surface area contributed by atoms with Gasteiger partial charge in [0.1, 0.15) is 5.82 Å². The van der Waals surface area contributed by atoms with E-state index >= 15 is 0 Å². The van der Waals surface area contributed by atoms with Crippen LogP contribution in [-0.2, 0) is 0 Å². The van der Waals surface area contributed by atoms with E-state index in [4.69, 9.17) is 5.41 Å². The Balaban J connectivity index is 1.87. The summed E-state index contributed by atoms with van der Waals surface area (Å²) in [7, 11) is 0. The average molecular weight is 353 g/mol. The molecule has 0 radical (unpaired) electrons. The van der Waals surface area contributed by atoms with Gasteiger partial charge in [0.25, 0.3) is 0 Å². The Morgan fingerprint density at radius 1 is 1.43 bits per heavy atom. The Kier molecular flexibility index (Phi) is 5.67. The van der Waals surface area contributed by atoms with Crippen molar-refractivity contribution in [3.63, 3.8) is 0 Å². The molecule has 1 fully saturated rings. The number of hydrogen-bond donors (Lipinski definition) is 2. The van der Waals surface area contributed by atoms with E-state index in [9.17, 15) is 9.18 Å². The summed E-state index contributed by atoms with van der Waals surface area (Å²) in [5.41, 5.74) is 1.27. The lowest BCUT2D eigenvalue weighted by Crippen LogP contribution is -2.10. The highest BCUT2D eigenvalue weighted by Gasteiger charge is 2.19. The molecule has 2 N–H and O–H groups in total. The van der Waals surface area contributed by atoms with Crippen molar-refractivity contribution in [1.29, 1.82) is 5.41 Å². The summed E-state index contributed by atoms with van der Waals surface area (Å²) in [4.78, 5) is 12.1. The lowest BCUT2D eigenvalue weighted by atomic mass is 10.0. The number of Topliss-reactive ketones (excluding diaryl/α,β-unsaturated/α-hetero) is 1. The van der Waals surface area contributed by atoms with Gasteiger partial charge >= 0.3 is 0 Å². The first-order valence-electron chi connectivity index (χ1n) is 7.01. The van der Waals surface area contributed by atoms with Gasteiger partial charge in [-0.05, 0) is 64.9 Å². The normalized spacial score (nSPS) is 14.9. The fourth-order valence-electron chi connectivity index (χ4n) is 1.97. The Bertz CT molecular complexity index is 567. The van der Waals surface area contributed by atoms with Crippen LogP contribution in [0.1, 0.15) is 36.0 Å². The number of nitrogens with one attached hydrogen (secondary N) is 2. The van der Waals surface area contributed by atoms with E-state index < -0.39 is 0 Å². The number of carbonyl (C=O) groups is 1. The summed E-state index contributed by atoms with van der Waals surface area (Å²) in [6.45, 7) is 0.939. The van der Waals surface area contributed by atoms with Crippen molar-refractivity contribution in [3.8, 4) is 0 Å². The first-order chi connectivity index (χ1) is 10.1. The molecule has 0 atom stereocenters. The number of allylic oxidation sites excluding steroid dienone is 1. The SMILES string of the molecule is N=C/C(=C\NCC1CC1)CCC(=O)c1ccc(F)cc1Br. The van der Waals surface area contributed by atoms with Gasteiger partial charge in [-0.25, -0.2) is 4.39 Å². The number of ketones is 1. The first kappa shape index (κ1) is 15.9. The van der Waals surface area contributed by atoms with Crippen LogP contribution >= 0.6 is 15.9 Å². The second-order valence-corrected chi connectivity index (χ2v) is 6.12. The summed E-state index contributed by atoms with van der Waals surface area (Å²) in [5.74, 6) is 0.338. The quantitative estimate of drug-likeness (QED) is 0.547. The van der Waals surface area contributed by atoms with Crippen molar-refractivity contribution in [1.82, 2.24) is 5.32 Å². The van der Waals surface area contributed by atoms with E-state index in [0.717, 1.165) is 18.0 Å². The first-order valence-corrected chi connectivity index (χ1v) is 7.80. The summed E-state index contributed by atoms with van der Waals surface area (Å²) >= 11 is 3.20. The van der Waals surface area contributed by atoms with Crippen molar-refractivity contribution in [2.75, 3.05) is 6.54 Å². The molecular weight excluding hydrogens is 335 g/mol. The summed E-state index contributed by atoms with van der Waals surface area (Å²) in [5, 5.41) is 10.6. The Morgan fingerprint density at radius 3 is 2.81 bits per heavy atom. The summed E-state index contributed by atoms with van der Waals surface area (Å²) < 4.78 is 13.5. The maximum atomic E-state index is 13.0. The van der Waals surface area contributed by atoms with Crippen molar-refractivity contribution < 1.29 is 9.18 Å². The molecule has 0 aromatic heterocycles. The van der Waals surface area contributed by atoms with E-state index in [1.54, 1.807) is 0 Å². The van der Waals surface area contributed by atoms with E-state index in [0.29, 0.717) is 22.9 Å². The third-order valence-corrected chi connectivity index (χ3v) is 4.10. The lowest BCUT2D eigenvalue weighted by molar-refractivity contribution is 0.0982. The van der Waals surface area contributed by atoms with Crippen LogP contribution < -0.4 is 5.32 Å². The number of benzene rings is 1. The number of rotatable bonds is 8. The molecule has 5 heteroatoms. The predicted octanol–water partition coefficient (Wildman–Crippen LogP) is 4.08. The van der Waals surface area contributed by atoms with E-state index in [2.05, 4.69) is 21.2 Å². The molecule has 0 spiro atoms. The molecule has 2 rings (SSSR count). The zero-order chi connectivity index (χ0) is 15.2. The monoisotopic (exact) mass is 352 g/mol. The van der Waals surface area contributed by atoms with Gasteiger partial charge < -0.3 is 10.7 Å². The third-order valence-electron chi connectivity index (χ3n) is 3.45. The number of hydrogen-bond acceptors (Lipinski definition) is 3. The van der Waals surface area contributed by atoms with Crippen molar-refractivity contribution in [2.24, 2.45) is 5.92 Å². The highest BCUT2D eigenvalue weighted by Crippen LogP contribution is 2.27. The largest absolute Gasteiger partial charge is 0.390 e. The Labute approximate surface area is 132 Å². The van der Waals surface area contributed by atoms with Crippen molar-refractivity contribution >= 4 is 27.9 Å². The minimum absolute atomic E-state index is 0.0585. The van der Waals surface area contributed by atoms with Crippen LogP contribution in [0.4, 0.5) is 4.39 Å². The second kappa shape index (κ2) is 7.50. The number of carbonyl (C=O) groups excluding carboxylic acids is 1.